The molecule has 0 saturated heterocycles. The Hall–Kier alpha value is -1.91. The van der Waals surface area contributed by atoms with Crippen molar-refractivity contribution in [3.05, 3.63) is 52.1 Å². The van der Waals surface area contributed by atoms with Crippen LogP contribution in [0.2, 0.25) is 0 Å². The first-order valence-corrected chi connectivity index (χ1v) is 8.06. The minimum Gasteiger partial charge on any atom is -0.493 e. The molecule has 138 valence electrons. The van der Waals surface area contributed by atoms with Gasteiger partial charge in [-0.3, -0.25) is 0 Å². The predicted octanol–water partition coefficient (Wildman–Crippen LogP) is 4.35. The predicted molar refractivity (Wildman–Crippen MR) is 105 cm³/mol. The zero-order valence-corrected chi connectivity index (χ0v) is 16.7. The molecule has 1 N–H and O–H groups in total. The van der Waals surface area contributed by atoms with Crippen molar-refractivity contribution in [3.8, 4) is 17.2 Å². The number of halogens is 1. The molecule has 0 aliphatic heterocycles. The normalized spacial score (nSPS) is 10.2. The van der Waals surface area contributed by atoms with Crippen molar-refractivity contribution in [2.45, 2.75) is 33.9 Å². The topological polar surface area (TPSA) is 39.7 Å². The zero-order valence-electron chi connectivity index (χ0n) is 15.9. The Morgan fingerprint density at radius 3 is 1.72 bits per heavy atom. The number of rotatable bonds is 7. The second-order valence-corrected chi connectivity index (χ2v) is 6.01. The second kappa shape index (κ2) is 9.54. The summed E-state index contributed by atoms with van der Waals surface area (Å²) < 4.78 is 16.2. The molecular weight excluding hydrogens is 338 g/mol. The summed E-state index contributed by atoms with van der Waals surface area (Å²) in [6.07, 6.45) is 0. The summed E-state index contributed by atoms with van der Waals surface area (Å²) in [7, 11) is 4.88. The fourth-order valence-electron chi connectivity index (χ4n) is 3.06. The lowest BCUT2D eigenvalue weighted by atomic mass is 10.00. The third-order valence-corrected chi connectivity index (χ3v) is 4.20. The molecule has 25 heavy (non-hydrogen) atoms. The van der Waals surface area contributed by atoms with Gasteiger partial charge in [-0.25, -0.2) is 0 Å². The molecule has 0 radical (unpaired) electrons. The van der Waals surface area contributed by atoms with Crippen LogP contribution in [0.15, 0.2) is 24.3 Å². The molecule has 0 aliphatic carbocycles. The van der Waals surface area contributed by atoms with Crippen LogP contribution in [0, 0.1) is 20.8 Å². The van der Waals surface area contributed by atoms with Gasteiger partial charge in [-0.05, 0) is 55.2 Å². The van der Waals surface area contributed by atoms with Crippen molar-refractivity contribution >= 4 is 12.4 Å². The van der Waals surface area contributed by atoms with Crippen LogP contribution in [0.5, 0.6) is 17.2 Å². The van der Waals surface area contributed by atoms with E-state index in [-0.39, 0.29) is 12.4 Å². The number of benzene rings is 2. The highest BCUT2D eigenvalue weighted by atomic mass is 35.5. The van der Waals surface area contributed by atoms with Gasteiger partial charge in [0.25, 0.3) is 0 Å². The van der Waals surface area contributed by atoms with Crippen molar-refractivity contribution in [2.24, 2.45) is 0 Å². The van der Waals surface area contributed by atoms with E-state index in [1.165, 1.54) is 22.3 Å². The van der Waals surface area contributed by atoms with E-state index in [2.05, 4.69) is 38.2 Å². The molecule has 0 spiro atoms. The average Bonchev–Trinajstić information content (AvgIpc) is 2.56. The van der Waals surface area contributed by atoms with Crippen molar-refractivity contribution in [1.82, 2.24) is 5.32 Å². The lowest BCUT2D eigenvalue weighted by Gasteiger charge is -2.15. The van der Waals surface area contributed by atoms with Crippen molar-refractivity contribution in [3.63, 3.8) is 0 Å². The minimum atomic E-state index is 0. The van der Waals surface area contributed by atoms with E-state index in [0.717, 1.165) is 18.7 Å². The van der Waals surface area contributed by atoms with Gasteiger partial charge in [0.15, 0.2) is 11.5 Å². The second-order valence-electron chi connectivity index (χ2n) is 6.01. The lowest BCUT2D eigenvalue weighted by Crippen LogP contribution is -2.15. The van der Waals surface area contributed by atoms with E-state index in [0.29, 0.717) is 17.2 Å². The third-order valence-electron chi connectivity index (χ3n) is 4.20. The number of methoxy groups -OCH3 is 3. The van der Waals surface area contributed by atoms with E-state index >= 15 is 0 Å². The Balaban J connectivity index is 0.00000312. The summed E-state index contributed by atoms with van der Waals surface area (Å²) in [5.74, 6) is 1.97. The van der Waals surface area contributed by atoms with Gasteiger partial charge in [0.05, 0.1) is 21.3 Å². The maximum Gasteiger partial charge on any atom is 0.203 e. The Kier molecular flexibility index (Phi) is 8.07. The number of hydrogen-bond donors (Lipinski definition) is 1. The molecule has 0 unspecified atom stereocenters. The van der Waals surface area contributed by atoms with Crippen molar-refractivity contribution in [2.75, 3.05) is 21.3 Å². The molecule has 0 saturated carbocycles. The Morgan fingerprint density at radius 2 is 1.28 bits per heavy atom. The van der Waals surface area contributed by atoms with Crippen LogP contribution in [0.25, 0.3) is 0 Å². The molecule has 0 aromatic heterocycles. The number of aryl methyl sites for hydroxylation is 3. The van der Waals surface area contributed by atoms with Crippen LogP contribution in [-0.2, 0) is 13.1 Å². The van der Waals surface area contributed by atoms with Gasteiger partial charge in [0, 0.05) is 13.1 Å². The van der Waals surface area contributed by atoms with E-state index in [4.69, 9.17) is 14.2 Å². The highest BCUT2D eigenvalue weighted by Gasteiger charge is 2.13. The first-order chi connectivity index (χ1) is 11.5. The Bertz CT molecular complexity index is 668. The minimum absolute atomic E-state index is 0. The van der Waals surface area contributed by atoms with Crippen LogP contribution in [0.3, 0.4) is 0 Å². The quantitative estimate of drug-likeness (QED) is 0.791. The molecule has 4 nitrogen and oxygen atoms in total. The molecule has 0 bridgehead atoms. The van der Waals surface area contributed by atoms with E-state index in [1.807, 2.05) is 12.1 Å². The van der Waals surface area contributed by atoms with Crippen molar-refractivity contribution in [1.29, 1.82) is 0 Å². The molecule has 0 heterocycles. The standard InChI is InChI=1S/C20H27NO3.ClH/c1-13-7-14(2)17(15(3)8-13)12-21-11-16-9-18(22-4)20(24-6)19(10-16)23-5;/h7-10,21H,11-12H2,1-6H3;1H. The summed E-state index contributed by atoms with van der Waals surface area (Å²) in [5, 5.41) is 3.51. The summed E-state index contributed by atoms with van der Waals surface area (Å²) in [6.45, 7) is 8.01. The molecule has 2 aromatic rings. The fraction of sp³-hybridized carbons (Fsp3) is 0.400. The van der Waals surface area contributed by atoms with Gasteiger partial charge < -0.3 is 19.5 Å². The number of hydrogen-bond acceptors (Lipinski definition) is 4. The van der Waals surface area contributed by atoms with Gasteiger partial charge in [-0.15, -0.1) is 12.4 Å². The Labute approximate surface area is 156 Å². The first kappa shape index (κ1) is 21.1. The van der Waals surface area contributed by atoms with Crippen LogP contribution in [0.4, 0.5) is 0 Å². The van der Waals surface area contributed by atoms with Gasteiger partial charge in [0.1, 0.15) is 0 Å². The molecule has 0 atom stereocenters. The molecule has 5 heteroatoms. The van der Waals surface area contributed by atoms with Crippen LogP contribution < -0.4 is 19.5 Å². The molecule has 2 rings (SSSR count). The molecule has 0 amide bonds. The average molecular weight is 366 g/mol. The highest BCUT2D eigenvalue weighted by molar-refractivity contribution is 5.85. The Morgan fingerprint density at radius 1 is 0.760 bits per heavy atom. The lowest BCUT2D eigenvalue weighted by molar-refractivity contribution is 0.323. The monoisotopic (exact) mass is 365 g/mol. The van der Waals surface area contributed by atoms with Crippen LogP contribution in [0.1, 0.15) is 27.8 Å². The molecule has 2 aromatic carbocycles. The molecular formula is C20H28ClNO3. The van der Waals surface area contributed by atoms with Gasteiger partial charge in [-0.2, -0.15) is 0 Å². The van der Waals surface area contributed by atoms with Gasteiger partial charge in [-0.1, -0.05) is 17.7 Å². The van der Waals surface area contributed by atoms with E-state index in [9.17, 15) is 0 Å². The van der Waals surface area contributed by atoms with E-state index < -0.39 is 0 Å². The van der Waals surface area contributed by atoms with Gasteiger partial charge >= 0.3 is 0 Å². The molecule has 0 aliphatic rings. The summed E-state index contributed by atoms with van der Waals surface area (Å²) in [6, 6.07) is 8.40. The molecule has 0 fully saturated rings. The van der Waals surface area contributed by atoms with Crippen LogP contribution in [-0.4, -0.2) is 21.3 Å². The summed E-state index contributed by atoms with van der Waals surface area (Å²) in [4.78, 5) is 0. The summed E-state index contributed by atoms with van der Waals surface area (Å²) in [5.41, 5.74) is 6.40. The summed E-state index contributed by atoms with van der Waals surface area (Å²) >= 11 is 0. The van der Waals surface area contributed by atoms with Gasteiger partial charge in [0.2, 0.25) is 5.75 Å². The number of nitrogens with one attached hydrogen (secondary N) is 1. The maximum absolute atomic E-state index is 5.40. The van der Waals surface area contributed by atoms with E-state index in [1.54, 1.807) is 21.3 Å². The largest absolute Gasteiger partial charge is 0.493 e. The fourth-order valence-corrected chi connectivity index (χ4v) is 3.06. The third kappa shape index (κ3) is 5.03. The number of ether oxygens (including phenoxy) is 3. The van der Waals surface area contributed by atoms with Crippen molar-refractivity contribution < 1.29 is 14.2 Å². The SMILES string of the molecule is COc1cc(CNCc2c(C)cc(C)cc2C)cc(OC)c1OC.Cl. The maximum atomic E-state index is 5.40. The zero-order chi connectivity index (χ0) is 17.7. The van der Waals surface area contributed by atoms with Crippen LogP contribution >= 0.6 is 12.4 Å². The first-order valence-electron chi connectivity index (χ1n) is 8.06. The highest BCUT2D eigenvalue weighted by Crippen LogP contribution is 2.38. The smallest absolute Gasteiger partial charge is 0.203 e.